The first kappa shape index (κ1) is 19.2. The molecular weight excluding hydrogens is 380 g/mol. The molecule has 0 aromatic heterocycles. The van der Waals surface area contributed by atoms with Crippen LogP contribution in [0, 0.1) is 17.0 Å². The molecule has 0 aliphatic heterocycles. The second-order valence-electron chi connectivity index (χ2n) is 5.93. The minimum atomic E-state index is -4.11. The predicted octanol–water partition coefficient (Wildman–Crippen LogP) is 4.42. The van der Waals surface area contributed by atoms with E-state index < -0.39 is 15.0 Å². The molecule has 0 aliphatic carbocycles. The van der Waals surface area contributed by atoms with E-state index in [1.807, 2.05) is 25.1 Å². The summed E-state index contributed by atoms with van der Waals surface area (Å²) in [6, 6.07) is 18.8. The Kier molecular flexibility index (Phi) is 5.51. The van der Waals surface area contributed by atoms with E-state index in [9.17, 15) is 18.5 Å². The number of hydrogen-bond acceptors (Lipinski definition) is 6. The summed E-state index contributed by atoms with van der Waals surface area (Å²) in [4.78, 5) is 14.7. The van der Waals surface area contributed by atoms with Crippen LogP contribution in [0.4, 0.5) is 11.4 Å². The van der Waals surface area contributed by atoms with Crippen molar-refractivity contribution in [3.05, 3.63) is 94.0 Å². The van der Waals surface area contributed by atoms with E-state index in [0.29, 0.717) is 0 Å². The largest absolute Gasteiger partial charge is 0.377 e. The number of non-ortho nitro benzene ring substituents is 1. The molecule has 0 spiro atoms. The summed E-state index contributed by atoms with van der Waals surface area (Å²) < 4.78 is 30.3. The molecule has 0 amide bonds. The Bertz CT molecular complexity index is 1130. The number of hydrogen-bond donors (Lipinski definition) is 0. The van der Waals surface area contributed by atoms with Crippen molar-refractivity contribution in [3.63, 3.8) is 0 Å². The topological polar surface area (TPSA) is 98.9 Å². The van der Waals surface area contributed by atoms with Gasteiger partial charge in [0.2, 0.25) is 0 Å². The highest BCUT2D eigenvalue weighted by atomic mass is 32.2. The Balaban J connectivity index is 1.98. The van der Waals surface area contributed by atoms with Gasteiger partial charge in [0.25, 0.3) is 5.69 Å². The van der Waals surface area contributed by atoms with E-state index in [0.717, 1.165) is 11.1 Å². The molecule has 0 radical (unpaired) electrons. The van der Waals surface area contributed by atoms with Crippen LogP contribution in [-0.2, 0) is 10.1 Å². The van der Waals surface area contributed by atoms with Gasteiger partial charge >= 0.3 is 10.1 Å². The molecule has 0 saturated carbocycles. The fourth-order valence-electron chi connectivity index (χ4n) is 2.35. The lowest BCUT2D eigenvalue weighted by Gasteiger charge is -2.09. The van der Waals surface area contributed by atoms with Crippen LogP contribution in [0.1, 0.15) is 11.1 Å². The van der Waals surface area contributed by atoms with Gasteiger partial charge in [-0.25, -0.2) is 0 Å². The summed E-state index contributed by atoms with van der Waals surface area (Å²) in [5, 5.41) is 11.1. The van der Waals surface area contributed by atoms with Crippen molar-refractivity contribution in [2.45, 2.75) is 11.8 Å². The van der Waals surface area contributed by atoms with E-state index in [2.05, 4.69) is 4.99 Å². The molecule has 142 valence electrons. The van der Waals surface area contributed by atoms with Gasteiger partial charge in [-0.05, 0) is 30.7 Å². The third-order valence-corrected chi connectivity index (χ3v) is 5.06. The Morgan fingerprint density at radius 3 is 2.32 bits per heavy atom. The van der Waals surface area contributed by atoms with Crippen LogP contribution in [0.3, 0.4) is 0 Å². The molecule has 3 rings (SSSR count). The SMILES string of the molecule is Cc1ccc(S(=O)(=O)Oc2ccc([N+](=O)[O-])cc2N=Cc2ccccc2)cc1. The molecule has 0 saturated heterocycles. The highest BCUT2D eigenvalue weighted by Gasteiger charge is 2.20. The summed E-state index contributed by atoms with van der Waals surface area (Å²) in [5.74, 6) is -0.0987. The van der Waals surface area contributed by atoms with Crippen LogP contribution in [0.25, 0.3) is 0 Å². The molecule has 0 fully saturated rings. The van der Waals surface area contributed by atoms with Gasteiger partial charge in [-0.2, -0.15) is 8.42 Å². The van der Waals surface area contributed by atoms with E-state index in [4.69, 9.17) is 4.18 Å². The van der Waals surface area contributed by atoms with Gasteiger partial charge in [0, 0.05) is 18.3 Å². The van der Waals surface area contributed by atoms with Gasteiger partial charge in [-0.1, -0.05) is 48.0 Å². The third-order valence-electron chi connectivity index (χ3n) is 3.81. The highest BCUT2D eigenvalue weighted by Crippen LogP contribution is 2.33. The number of rotatable bonds is 6. The zero-order valence-electron chi connectivity index (χ0n) is 14.8. The van der Waals surface area contributed by atoms with Gasteiger partial charge in [0.05, 0.1) is 4.92 Å². The highest BCUT2D eigenvalue weighted by molar-refractivity contribution is 7.87. The van der Waals surface area contributed by atoms with Crippen molar-refractivity contribution in [3.8, 4) is 5.75 Å². The number of nitro benzene ring substituents is 1. The second kappa shape index (κ2) is 8.01. The van der Waals surface area contributed by atoms with Gasteiger partial charge in [0.1, 0.15) is 10.6 Å². The summed E-state index contributed by atoms with van der Waals surface area (Å²) in [7, 11) is -4.11. The average molecular weight is 396 g/mol. The number of nitrogens with zero attached hydrogens (tertiary/aromatic N) is 2. The molecule has 0 aliphatic rings. The van der Waals surface area contributed by atoms with Crippen molar-refractivity contribution in [1.29, 1.82) is 0 Å². The standard InChI is InChI=1S/C20H16N2O5S/c1-15-7-10-18(11-8-15)28(25,26)27-20-12-9-17(22(23)24)13-19(20)21-14-16-5-3-2-4-6-16/h2-14H,1H3. The molecule has 28 heavy (non-hydrogen) atoms. The van der Waals surface area contributed by atoms with E-state index >= 15 is 0 Å². The smallest absolute Gasteiger partial charge is 0.339 e. The number of aliphatic imine (C=N–C) groups is 1. The van der Waals surface area contributed by atoms with Gasteiger partial charge < -0.3 is 4.18 Å². The maximum Gasteiger partial charge on any atom is 0.339 e. The predicted molar refractivity (Wildman–Crippen MR) is 106 cm³/mol. The first-order valence-electron chi connectivity index (χ1n) is 8.24. The summed E-state index contributed by atoms with van der Waals surface area (Å²) >= 11 is 0. The quantitative estimate of drug-likeness (QED) is 0.266. The van der Waals surface area contributed by atoms with Crippen LogP contribution in [0.2, 0.25) is 0 Å². The summed E-state index contributed by atoms with van der Waals surface area (Å²) in [6.45, 7) is 1.84. The maximum atomic E-state index is 12.6. The number of benzene rings is 3. The van der Waals surface area contributed by atoms with Gasteiger partial charge in [0.15, 0.2) is 5.75 Å². The lowest BCUT2D eigenvalue weighted by molar-refractivity contribution is -0.384. The number of aryl methyl sites for hydroxylation is 1. The molecule has 0 atom stereocenters. The zero-order chi connectivity index (χ0) is 20.1. The van der Waals surface area contributed by atoms with Crippen LogP contribution in [0.15, 0.2) is 82.7 Å². The molecule has 3 aromatic carbocycles. The fourth-order valence-corrected chi connectivity index (χ4v) is 3.29. The lowest BCUT2D eigenvalue weighted by atomic mass is 10.2. The molecule has 0 heterocycles. The van der Waals surface area contributed by atoms with Gasteiger partial charge in [-0.15, -0.1) is 0 Å². The van der Waals surface area contributed by atoms with Gasteiger partial charge in [-0.3, -0.25) is 15.1 Å². The second-order valence-corrected chi connectivity index (χ2v) is 7.47. The van der Waals surface area contributed by atoms with Crippen molar-refractivity contribution in [1.82, 2.24) is 0 Å². The minimum Gasteiger partial charge on any atom is -0.377 e. The normalized spacial score (nSPS) is 11.5. The van der Waals surface area contributed by atoms with E-state index in [1.54, 1.807) is 24.3 Å². The van der Waals surface area contributed by atoms with Crippen LogP contribution < -0.4 is 4.18 Å². The van der Waals surface area contributed by atoms with E-state index in [1.165, 1.54) is 36.5 Å². The zero-order valence-corrected chi connectivity index (χ0v) is 15.7. The van der Waals surface area contributed by atoms with Crippen molar-refractivity contribution in [2.75, 3.05) is 0 Å². The Morgan fingerprint density at radius 1 is 1.00 bits per heavy atom. The molecule has 0 bridgehead atoms. The minimum absolute atomic E-state index is 0.0190. The van der Waals surface area contributed by atoms with Crippen molar-refractivity contribution in [2.24, 2.45) is 4.99 Å². The maximum absolute atomic E-state index is 12.6. The fraction of sp³-hybridized carbons (Fsp3) is 0.0500. The Labute approximate surface area is 162 Å². The molecular formula is C20H16N2O5S. The lowest BCUT2D eigenvalue weighted by Crippen LogP contribution is -2.10. The average Bonchev–Trinajstić information content (AvgIpc) is 2.68. The van der Waals surface area contributed by atoms with Crippen LogP contribution in [-0.4, -0.2) is 19.6 Å². The molecule has 0 unspecified atom stereocenters. The summed E-state index contributed by atoms with van der Waals surface area (Å²) in [5.41, 5.74) is 1.47. The molecule has 7 nitrogen and oxygen atoms in total. The third kappa shape index (κ3) is 4.60. The van der Waals surface area contributed by atoms with Crippen molar-refractivity contribution < 1.29 is 17.5 Å². The van der Waals surface area contributed by atoms with Crippen LogP contribution >= 0.6 is 0 Å². The number of nitro groups is 1. The van der Waals surface area contributed by atoms with Crippen molar-refractivity contribution >= 4 is 27.7 Å². The molecule has 8 heteroatoms. The monoisotopic (exact) mass is 396 g/mol. The Hall–Kier alpha value is -3.52. The Morgan fingerprint density at radius 2 is 1.68 bits per heavy atom. The summed E-state index contributed by atoms with van der Waals surface area (Å²) in [6.07, 6.45) is 1.48. The molecule has 0 N–H and O–H groups in total. The van der Waals surface area contributed by atoms with Crippen LogP contribution in [0.5, 0.6) is 5.75 Å². The molecule has 3 aromatic rings. The first-order valence-corrected chi connectivity index (χ1v) is 9.65. The van der Waals surface area contributed by atoms with E-state index in [-0.39, 0.29) is 22.0 Å². The first-order chi connectivity index (χ1) is 13.3.